The van der Waals surface area contributed by atoms with E-state index in [0.717, 1.165) is 42.9 Å². The van der Waals surface area contributed by atoms with Crippen LogP contribution in [-0.2, 0) is 17.6 Å². The highest BCUT2D eigenvalue weighted by molar-refractivity contribution is 7.09. The van der Waals surface area contributed by atoms with Gasteiger partial charge < -0.3 is 5.32 Å². The van der Waals surface area contributed by atoms with E-state index in [0.29, 0.717) is 0 Å². The lowest BCUT2D eigenvalue weighted by molar-refractivity contribution is -0.122. The quantitative estimate of drug-likeness (QED) is 0.861. The molecule has 3 rings (SSSR count). The predicted octanol–water partition coefficient (Wildman–Crippen LogP) is 3.23. The van der Waals surface area contributed by atoms with Gasteiger partial charge in [0.15, 0.2) is 0 Å². The zero-order chi connectivity index (χ0) is 14.7. The van der Waals surface area contributed by atoms with Gasteiger partial charge in [0.25, 0.3) is 0 Å². The topological polar surface area (TPSA) is 42.0 Å². The van der Waals surface area contributed by atoms with Crippen molar-refractivity contribution < 1.29 is 4.79 Å². The van der Waals surface area contributed by atoms with Crippen LogP contribution in [0.4, 0.5) is 0 Å². The van der Waals surface area contributed by atoms with Crippen molar-refractivity contribution in [2.75, 3.05) is 6.54 Å². The Hall–Kier alpha value is -1.68. The van der Waals surface area contributed by atoms with Gasteiger partial charge in [-0.15, -0.1) is 11.3 Å². The zero-order valence-electron chi connectivity index (χ0n) is 12.3. The first-order chi connectivity index (χ1) is 10.2. The van der Waals surface area contributed by atoms with Gasteiger partial charge in [-0.3, -0.25) is 4.79 Å². The summed E-state index contributed by atoms with van der Waals surface area (Å²) in [4.78, 5) is 16.7. The fourth-order valence-electron chi connectivity index (χ4n) is 2.92. The molecule has 0 bridgehead atoms. The van der Waals surface area contributed by atoms with E-state index in [9.17, 15) is 4.79 Å². The minimum Gasteiger partial charge on any atom is -0.356 e. The maximum absolute atomic E-state index is 12.3. The van der Waals surface area contributed by atoms with Crippen molar-refractivity contribution in [2.45, 2.75) is 38.5 Å². The molecule has 2 aromatic rings. The van der Waals surface area contributed by atoms with Crippen molar-refractivity contribution in [3.63, 3.8) is 0 Å². The highest BCUT2D eigenvalue weighted by Gasteiger charge is 2.27. The van der Waals surface area contributed by atoms with E-state index in [4.69, 9.17) is 0 Å². The summed E-state index contributed by atoms with van der Waals surface area (Å²) in [7, 11) is 0. The van der Waals surface area contributed by atoms with Crippen molar-refractivity contribution in [1.82, 2.24) is 10.3 Å². The summed E-state index contributed by atoms with van der Waals surface area (Å²) < 4.78 is 0. The van der Waals surface area contributed by atoms with Gasteiger partial charge in [-0.05, 0) is 37.3 Å². The third kappa shape index (κ3) is 3.32. The fraction of sp³-hybridized carbons (Fsp3) is 0.412. The van der Waals surface area contributed by atoms with E-state index in [1.807, 2.05) is 13.0 Å². The second kappa shape index (κ2) is 6.39. The van der Waals surface area contributed by atoms with Gasteiger partial charge in [-0.25, -0.2) is 4.98 Å². The third-order valence-corrected chi connectivity index (χ3v) is 5.01. The minimum atomic E-state index is 0.0447. The van der Waals surface area contributed by atoms with Crippen LogP contribution in [0.2, 0.25) is 0 Å². The Morgan fingerprint density at radius 1 is 1.43 bits per heavy atom. The van der Waals surface area contributed by atoms with Gasteiger partial charge in [-0.2, -0.15) is 0 Å². The summed E-state index contributed by atoms with van der Waals surface area (Å²) in [5, 5.41) is 6.31. The lowest BCUT2D eigenvalue weighted by atomic mass is 10.0. The van der Waals surface area contributed by atoms with E-state index < -0.39 is 0 Å². The molecule has 21 heavy (non-hydrogen) atoms. The van der Waals surface area contributed by atoms with Crippen LogP contribution in [0.3, 0.4) is 0 Å². The highest BCUT2D eigenvalue weighted by atomic mass is 32.1. The van der Waals surface area contributed by atoms with Crippen LogP contribution in [-0.4, -0.2) is 17.4 Å². The number of hydrogen-bond acceptors (Lipinski definition) is 3. The van der Waals surface area contributed by atoms with Crippen LogP contribution in [0.1, 0.15) is 40.6 Å². The summed E-state index contributed by atoms with van der Waals surface area (Å²) in [5.41, 5.74) is 3.63. The van der Waals surface area contributed by atoms with Crippen molar-refractivity contribution in [2.24, 2.45) is 0 Å². The monoisotopic (exact) mass is 300 g/mol. The Bertz CT molecular complexity index is 635. The molecule has 4 heteroatoms. The molecule has 1 amide bonds. The molecule has 1 aromatic carbocycles. The highest BCUT2D eigenvalue weighted by Crippen LogP contribution is 2.32. The molecule has 0 saturated carbocycles. The number of hydrogen-bond donors (Lipinski definition) is 1. The number of carbonyl (C=O) groups is 1. The summed E-state index contributed by atoms with van der Waals surface area (Å²) in [6.07, 6.45) is 3.86. The first kappa shape index (κ1) is 14.3. The Morgan fingerprint density at radius 3 is 3.10 bits per heavy atom. The molecule has 0 spiro atoms. The van der Waals surface area contributed by atoms with Gasteiger partial charge in [-0.1, -0.05) is 24.3 Å². The molecule has 1 aliphatic carbocycles. The van der Waals surface area contributed by atoms with Crippen LogP contribution < -0.4 is 5.32 Å². The molecule has 3 nitrogen and oxygen atoms in total. The Balaban J connectivity index is 1.47. The number of rotatable bonds is 5. The van der Waals surface area contributed by atoms with Gasteiger partial charge >= 0.3 is 0 Å². The van der Waals surface area contributed by atoms with Gasteiger partial charge in [0.1, 0.15) is 0 Å². The Kier molecular flexibility index (Phi) is 4.34. The van der Waals surface area contributed by atoms with Crippen molar-refractivity contribution >= 4 is 17.2 Å². The van der Waals surface area contributed by atoms with E-state index in [1.165, 1.54) is 11.1 Å². The van der Waals surface area contributed by atoms with Crippen molar-refractivity contribution in [1.29, 1.82) is 0 Å². The predicted molar refractivity (Wildman–Crippen MR) is 85.7 cm³/mol. The molecular weight excluding hydrogens is 280 g/mol. The molecule has 0 aliphatic heterocycles. The molecular formula is C17H20N2OS. The van der Waals surface area contributed by atoms with Crippen LogP contribution in [0, 0.1) is 6.92 Å². The van der Waals surface area contributed by atoms with E-state index in [1.54, 1.807) is 11.3 Å². The third-order valence-electron chi connectivity index (χ3n) is 3.98. The molecule has 1 N–H and O–H groups in total. The SMILES string of the molecule is Cc1csc(CCCNC(=O)[C@@H]2CCc3ccccc32)n1. The number of fused-ring (bicyclic) bond motifs is 1. The number of carbonyl (C=O) groups excluding carboxylic acids is 1. The number of thiazole rings is 1. The summed E-state index contributed by atoms with van der Waals surface area (Å²) >= 11 is 1.70. The number of nitrogens with one attached hydrogen (secondary N) is 1. The Labute approximate surface area is 129 Å². The molecule has 1 aromatic heterocycles. The lowest BCUT2D eigenvalue weighted by Crippen LogP contribution is -2.29. The molecule has 0 saturated heterocycles. The number of aryl methyl sites for hydroxylation is 3. The molecule has 0 radical (unpaired) electrons. The second-order valence-corrected chi connectivity index (χ2v) is 6.51. The number of benzene rings is 1. The average Bonchev–Trinajstić information content (AvgIpc) is 3.09. The first-order valence-corrected chi connectivity index (χ1v) is 8.38. The van der Waals surface area contributed by atoms with E-state index in [2.05, 4.69) is 33.9 Å². The van der Waals surface area contributed by atoms with Gasteiger partial charge in [0.2, 0.25) is 5.91 Å². The minimum absolute atomic E-state index is 0.0447. The normalized spacial score (nSPS) is 16.7. The maximum Gasteiger partial charge on any atom is 0.227 e. The first-order valence-electron chi connectivity index (χ1n) is 7.50. The summed E-state index contributed by atoms with van der Waals surface area (Å²) in [5.74, 6) is 0.221. The van der Waals surface area contributed by atoms with Gasteiger partial charge in [0.05, 0.1) is 10.9 Å². The zero-order valence-corrected chi connectivity index (χ0v) is 13.1. The summed E-state index contributed by atoms with van der Waals surface area (Å²) in [6, 6.07) is 8.29. The van der Waals surface area contributed by atoms with Crippen LogP contribution in [0.25, 0.3) is 0 Å². The van der Waals surface area contributed by atoms with Crippen LogP contribution in [0.15, 0.2) is 29.6 Å². The lowest BCUT2D eigenvalue weighted by Gasteiger charge is -2.12. The van der Waals surface area contributed by atoms with Crippen molar-refractivity contribution in [3.8, 4) is 0 Å². The second-order valence-electron chi connectivity index (χ2n) is 5.57. The Morgan fingerprint density at radius 2 is 2.29 bits per heavy atom. The van der Waals surface area contributed by atoms with E-state index in [-0.39, 0.29) is 11.8 Å². The average molecular weight is 300 g/mol. The number of aromatic nitrogens is 1. The van der Waals surface area contributed by atoms with E-state index >= 15 is 0 Å². The largest absolute Gasteiger partial charge is 0.356 e. The van der Waals surface area contributed by atoms with Crippen molar-refractivity contribution in [3.05, 3.63) is 51.5 Å². The molecule has 1 heterocycles. The maximum atomic E-state index is 12.3. The molecule has 0 fully saturated rings. The molecule has 110 valence electrons. The fourth-order valence-corrected chi connectivity index (χ4v) is 3.74. The molecule has 1 aliphatic rings. The summed E-state index contributed by atoms with van der Waals surface area (Å²) in [6.45, 7) is 2.75. The molecule has 0 unspecified atom stereocenters. The van der Waals surface area contributed by atoms with Gasteiger partial charge in [0, 0.05) is 24.0 Å². The molecule has 1 atom stereocenters. The van der Waals surface area contributed by atoms with Crippen LogP contribution in [0.5, 0.6) is 0 Å². The van der Waals surface area contributed by atoms with Crippen LogP contribution >= 0.6 is 11.3 Å². The smallest absolute Gasteiger partial charge is 0.227 e. The standard InChI is InChI=1S/C17H20N2OS/c1-12-11-21-16(19-12)7-4-10-18-17(20)15-9-8-13-5-2-3-6-14(13)15/h2-3,5-6,11,15H,4,7-10H2,1H3,(H,18,20)/t15-/m1/s1. The number of nitrogens with zero attached hydrogens (tertiary/aromatic N) is 1. The number of amides is 1.